The van der Waals surface area contributed by atoms with Crippen LogP contribution in [0.2, 0.25) is 0 Å². The molecule has 0 saturated heterocycles. The Kier molecular flexibility index (Phi) is 5.40. The molecule has 2 heterocycles. The maximum Gasteiger partial charge on any atom is 0.271 e. The molecule has 4 nitrogen and oxygen atoms in total. The molecule has 1 aromatic carbocycles. The number of benzene rings is 1. The summed E-state index contributed by atoms with van der Waals surface area (Å²) in [6.45, 7) is 8.22. The lowest BCUT2D eigenvalue weighted by Gasteiger charge is -2.29. The van der Waals surface area contributed by atoms with Gasteiger partial charge in [0.25, 0.3) is 5.91 Å². The van der Waals surface area contributed by atoms with Crippen molar-refractivity contribution in [3.05, 3.63) is 60.8 Å². The first-order valence-electron chi connectivity index (χ1n) is 9.23. The van der Waals surface area contributed by atoms with Gasteiger partial charge < -0.3 is 9.47 Å². The molecule has 1 atom stereocenters. The molecule has 0 aliphatic carbocycles. The minimum Gasteiger partial charge on any atom is -0.339 e. The highest BCUT2D eigenvalue weighted by Crippen LogP contribution is 2.32. The zero-order valence-electron chi connectivity index (χ0n) is 15.4. The number of amides is 1. The van der Waals surface area contributed by atoms with Gasteiger partial charge in [-0.25, -0.2) is 0 Å². The zero-order chi connectivity index (χ0) is 18.7. The number of carbonyl (C=O) groups excluding carboxylic acids is 2. The van der Waals surface area contributed by atoms with E-state index >= 15 is 0 Å². The normalized spacial score (nSPS) is 17.3. The quantitative estimate of drug-likeness (QED) is 0.545. The molecule has 0 fully saturated rings. The van der Waals surface area contributed by atoms with E-state index in [1.807, 2.05) is 46.9 Å². The minimum atomic E-state index is -0.123. The first kappa shape index (κ1) is 18.2. The van der Waals surface area contributed by atoms with Crippen LogP contribution in [-0.2, 0) is 7.05 Å². The second-order valence-electron chi connectivity index (χ2n) is 6.89. The van der Waals surface area contributed by atoms with Crippen molar-refractivity contribution in [2.45, 2.75) is 38.1 Å². The Morgan fingerprint density at radius 2 is 1.92 bits per heavy atom. The minimum absolute atomic E-state index is 0.0463. The summed E-state index contributed by atoms with van der Waals surface area (Å²) in [6.07, 6.45) is 7.51. The molecule has 0 saturated carbocycles. The number of nitrogens with zero attached hydrogens (tertiary/aromatic N) is 2. The van der Waals surface area contributed by atoms with Gasteiger partial charge in [0, 0.05) is 37.0 Å². The summed E-state index contributed by atoms with van der Waals surface area (Å²) < 4.78 is 1.87. The average molecular weight is 350 g/mol. The number of Topliss-reactive ketones (excluding diaryl/α,β-unsaturated/α-hetero) is 1. The fourth-order valence-electron chi connectivity index (χ4n) is 3.91. The number of unbranched alkanes of at least 4 members (excludes halogenated alkanes) is 2. The highest BCUT2D eigenvalue weighted by molar-refractivity contribution is 6.17. The standard InChI is InChI=1S/C22H26N2O2/c1-4-6-7-10-14-24-16(11-5-2)15-19(25)20-17-12-8-9-13-18(17)23(3)21(20)22(24)26/h4-5,8-9,12-13,16H,1-2,6-7,10-11,14-15H2,3H3. The van der Waals surface area contributed by atoms with Gasteiger partial charge in [-0.05, 0) is 31.7 Å². The molecule has 0 spiro atoms. The summed E-state index contributed by atoms with van der Waals surface area (Å²) >= 11 is 0. The lowest BCUT2D eigenvalue weighted by molar-refractivity contribution is 0.0662. The number of para-hydroxylation sites is 1. The van der Waals surface area contributed by atoms with Crippen LogP contribution in [0, 0.1) is 0 Å². The summed E-state index contributed by atoms with van der Waals surface area (Å²) in [4.78, 5) is 28.3. The Balaban J connectivity index is 2.05. The maximum absolute atomic E-state index is 13.4. The van der Waals surface area contributed by atoms with Crippen LogP contribution in [0.1, 0.15) is 53.0 Å². The summed E-state index contributed by atoms with van der Waals surface area (Å²) in [5, 5.41) is 0.870. The summed E-state index contributed by atoms with van der Waals surface area (Å²) in [6, 6.07) is 7.62. The topological polar surface area (TPSA) is 42.3 Å². The summed E-state index contributed by atoms with van der Waals surface area (Å²) in [5.41, 5.74) is 2.02. The second-order valence-corrected chi connectivity index (χ2v) is 6.89. The first-order chi connectivity index (χ1) is 12.6. The lowest BCUT2D eigenvalue weighted by atomic mass is 10.0. The van der Waals surface area contributed by atoms with Crippen molar-refractivity contribution in [2.75, 3.05) is 6.54 Å². The number of hydrogen-bond acceptors (Lipinski definition) is 2. The third-order valence-corrected chi connectivity index (χ3v) is 5.21. The van der Waals surface area contributed by atoms with Crippen molar-refractivity contribution in [2.24, 2.45) is 7.05 Å². The van der Waals surface area contributed by atoms with Crippen LogP contribution in [0.5, 0.6) is 0 Å². The third kappa shape index (κ3) is 3.12. The monoisotopic (exact) mass is 350 g/mol. The summed E-state index contributed by atoms with van der Waals surface area (Å²) in [7, 11) is 1.87. The molecule has 0 bridgehead atoms. The molecule has 136 valence electrons. The number of hydrogen-bond donors (Lipinski definition) is 0. The van der Waals surface area contributed by atoms with E-state index in [4.69, 9.17) is 0 Å². The molecule has 1 aliphatic rings. The second kappa shape index (κ2) is 7.73. The van der Waals surface area contributed by atoms with Crippen molar-refractivity contribution >= 4 is 22.6 Å². The smallest absolute Gasteiger partial charge is 0.271 e. The maximum atomic E-state index is 13.4. The molecule has 4 heteroatoms. The van der Waals surface area contributed by atoms with Crippen molar-refractivity contribution in [1.82, 2.24) is 9.47 Å². The Labute approximate surface area is 154 Å². The fourth-order valence-corrected chi connectivity index (χ4v) is 3.91. The molecule has 1 aliphatic heterocycles. The molecule has 1 aromatic heterocycles. The van der Waals surface area contributed by atoms with E-state index in [0.29, 0.717) is 30.6 Å². The number of carbonyl (C=O) groups is 2. The molecular formula is C22H26N2O2. The van der Waals surface area contributed by atoms with Crippen LogP contribution in [0.15, 0.2) is 49.6 Å². The van der Waals surface area contributed by atoms with Crippen LogP contribution in [0.25, 0.3) is 10.9 Å². The van der Waals surface area contributed by atoms with Crippen LogP contribution in [-0.4, -0.2) is 33.7 Å². The van der Waals surface area contributed by atoms with E-state index in [1.54, 1.807) is 6.08 Å². The molecule has 3 rings (SSSR count). The average Bonchev–Trinajstić information content (AvgIpc) is 2.89. The van der Waals surface area contributed by atoms with E-state index in [2.05, 4.69) is 13.2 Å². The molecule has 2 aromatic rings. The Morgan fingerprint density at radius 1 is 1.15 bits per heavy atom. The number of aryl methyl sites for hydroxylation is 1. The summed E-state index contributed by atoms with van der Waals surface area (Å²) in [5.74, 6) is 0.000551. The van der Waals surface area contributed by atoms with Gasteiger partial charge in [0.2, 0.25) is 0 Å². The van der Waals surface area contributed by atoms with Gasteiger partial charge in [0.15, 0.2) is 5.78 Å². The van der Waals surface area contributed by atoms with Gasteiger partial charge in [-0.3, -0.25) is 9.59 Å². The number of aromatic nitrogens is 1. The molecular weight excluding hydrogens is 324 g/mol. The van der Waals surface area contributed by atoms with Crippen molar-refractivity contribution in [3.8, 4) is 0 Å². The predicted octanol–water partition coefficient (Wildman–Crippen LogP) is 4.51. The molecule has 1 unspecified atom stereocenters. The van der Waals surface area contributed by atoms with Crippen LogP contribution in [0.4, 0.5) is 0 Å². The SMILES string of the molecule is C=CCCCCN1C(=O)c2c(c3ccccc3n2C)C(=O)CC1CC=C. The Hall–Kier alpha value is -2.62. The third-order valence-electron chi connectivity index (χ3n) is 5.21. The van der Waals surface area contributed by atoms with Crippen molar-refractivity contribution in [3.63, 3.8) is 0 Å². The van der Waals surface area contributed by atoms with Gasteiger partial charge in [-0.1, -0.05) is 30.4 Å². The van der Waals surface area contributed by atoms with Crippen LogP contribution >= 0.6 is 0 Å². The van der Waals surface area contributed by atoms with E-state index in [-0.39, 0.29) is 17.7 Å². The van der Waals surface area contributed by atoms with Gasteiger partial charge >= 0.3 is 0 Å². The Morgan fingerprint density at radius 3 is 2.65 bits per heavy atom. The van der Waals surface area contributed by atoms with E-state index in [0.717, 1.165) is 30.2 Å². The zero-order valence-corrected chi connectivity index (χ0v) is 15.4. The van der Waals surface area contributed by atoms with Gasteiger partial charge in [0.05, 0.1) is 5.56 Å². The van der Waals surface area contributed by atoms with Crippen LogP contribution in [0.3, 0.4) is 0 Å². The predicted molar refractivity (Wildman–Crippen MR) is 106 cm³/mol. The molecule has 0 radical (unpaired) electrons. The Bertz CT molecular complexity index is 862. The number of fused-ring (bicyclic) bond motifs is 3. The molecule has 26 heavy (non-hydrogen) atoms. The van der Waals surface area contributed by atoms with Crippen LogP contribution < -0.4 is 0 Å². The van der Waals surface area contributed by atoms with Crippen molar-refractivity contribution < 1.29 is 9.59 Å². The largest absolute Gasteiger partial charge is 0.339 e. The van der Waals surface area contributed by atoms with E-state index in [9.17, 15) is 9.59 Å². The highest BCUT2D eigenvalue weighted by Gasteiger charge is 2.36. The number of allylic oxidation sites excluding steroid dienone is 1. The highest BCUT2D eigenvalue weighted by atomic mass is 16.2. The van der Waals surface area contributed by atoms with E-state index in [1.165, 1.54) is 0 Å². The van der Waals surface area contributed by atoms with Crippen molar-refractivity contribution in [1.29, 1.82) is 0 Å². The van der Waals surface area contributed by atoms with Gasteiger partial charge in [-0.15, -0.1) is 13.2 Å². The van der Waals surface area contributed by atoms with E-state index < -0.39 is 0 Å². The number of rotatable bonds is 7. The molecule has 0 N–H and O–H groups in total. The number of ketones is 1. The first-order valence-corrected chi connectivity index (χ1v) is 9.23. The molecule has 1 amide bonds. The van der Waals surface area contributed by atoms with Gasteiger partial charge in [0.1, 0.15) is 5.69 Å². The van der Waals surface area contributed by atoms with Gasteiger partial charge in [-0.2, -0.15) is 0 Å². The lowest BCUT2D eigenvalue weighted by Crippen LogP contribution is -2.40. The fraction of sp³-hybridized carbons (Fsp3) is 0.364.